The van der Waals surface area contributed by atoms with Crippen molar-refractivity contribution in [3.8, 4) is 5.75 Å². The fraction of sp³-hybridized carbons (Fsp3) is 0.429. The lowest BCUT2D eigenvalue weighted by molar-refractivity contribution is -0.138. The highest BCUT2D eigenvalue weighted by molar-refractivity contribution is 5.43. The first-order chi connectivity index (χ1) is 12.3. The van der Waals surface area contributed by atoms with E-state index in [-0.39, 0.29) is 18.8 Å². The number of ether oxygens (including phenoxy) is 2. The maximum absolute atomic E-state index is 9.68. The maximum Gasteiger partial charge on any atom is 0.122 e. The van der Waals surface area contributed by atoms with Crippen molar-refractivity contribution in [3.63, 3.8) is 0 Å². The van der Waals surface area contributed by atoms with Gasteiger partial charge in [0.2, 0.25) is 0 Å². The molecular formula is C21H25NO3. The third-order valence-electron chi connectivity index (χ3n) is 5.42. The van der Waals surface area contributed by atoms with Gasteiger partial charge in [-0.2, -0.15) is 0 Å². The molecule has 25 heavy (non-hydrogen) atoms. The zero-order valence-electron chi connectivity index (χ0n) is 14.6. The summed E-state index contributed by atoms with van der Waals surface area (Å²) < 4.78 is 11.8. The fourth-order valence-electron chi connectivity index (χ4n) is 4.21. The molecular weight excluding hydrogens is 314 g/mol. The molecule has 1 aliphatic heterocycles. The van der Waals surface area contributed by atoms with Gasteiger partial charge < -0.3 is 14.6 Å². The standard InChI is InChI=1S/C21H25NO3/c1-24-20-9-5-8-16-10-19-21(11-18(16)20)25-17(14-23)13-22(19)12-15-6-3-2-4-7-15/h2-9,17,19,21,23H,10-14H2,1H3/t17-,19+,21+/m0/s1. The smallest absolute Gasteiger partial charge is 0.122 e. The summed E-state index contributed by atoms with van der Waals surface area (Å²) in [4.78, 5) is 2.48. The Bertz CT molecular complexity index is 718. The number of benzene rings is 2. The van der Waals surface area contributed by atoms with Gasteiger partial charge in [-0.1, -0.05) is 42.5 Å². The lowest BCUT2D eigenvalue weighted by atomic mass is 9.83. The largest absolute Gasteiger partial charge is 0.496 e. The van der Waals surface area contributed by atoms with Gasteiger partial charge in [-0.05, 0) is 29.2 Å². The average Bonchev–Trinajstić information content (AvgIpc) is 2.66. The molecule has 0 unspecified atom stereocenters. The second kappa shape index (κ2) is 7.16. The summed E-state index contributed by atoms with van der Waals surface area (Å²) in [5, 5.41) is 9.68. The van der Waals surface area contributed by atoms with Crippen molar-refractivity contribution in [3.05, 3.63) is 65.2 Å². The summed E-state index contributed by atoms with van der Waals surface area (Å²) in [5.74, 6) is 0.945. The Kier molecular flexibility index (Phi) is 4.75. The molecule has 0 saturated carbocycles. The third kappa shape index (κ3) is 3.30. The van der Waals surface area contributed by atoms with E-state index >= 15 is 0 Å². The fourth-order valence-corrected chi connectivity index (χ4v) is 4.21. The molecule has 0 radical (unpaired) electrons. The normalized spacial score (nSPS) is 25.9. The molecule has 0 aromatic heterocycles. The molecule has 132 valence electrons. The summed E-state index contributed by atoms with van der Waals surface area (Å²) in [6, 6.07) is 17.2. The van der Waals surface area contributed by atoms with Crippen LogP contribution in [0, 0.1) is 0 Å². The van der Waals surface area contributed by atoms with Gasteiger partial charge in [0.25, 0.3) is 0 Å². The highest BCUT2D eigenvalue weighted by Crippen LogP contribution is 2.35. The van der Waals surface area contributed by atoms with Crippen LogP contribution in [0.25, 0.3) is 0 Å². The van der Waals surface area contributed by atoms with Crippen LogP contribution in [-0.4, -0.2) is 48.5 Å². The first-order valence-electron chi connectivity index (χ1n) is 8.97. The Morgan fingerprint density at radius 3 is 2.72 bits per heavy atom. The molecule has 3 atom stereocenters. The Labute approximate surface area is 149 Å². The SMILES string of the molecule is COc1cccc2c1C[C@H]1O[C@H](CO)CN(Cc3ccccc3)[C@@H]1C2. The van der Waals surface area contributed by atoms with E-state index < -0.39 is 0 Å². The summed E-state index contributed by atoms with van der Waals surface area (Å²) in [6.45, 7) is 1.72. The van der Waals surface area contributed by atoms with Crippen molar-refractivity contribution in [2.75, 3.05) is 20.3 Å². The van der Waals surface area contributed by atoms with Crippen LogP contribution in [0.4, 0.5) is 0 Å². The Balaban J connectivity index is 1.62. The number of methoxy groups -OCH3 is 1. The van der Waals surface area contributed by atoms with E-state index in [9.17, 15) is 5.11 Å². The molecule has 1 N–H and O–H groups in total. The zero-order chi connectivity index (χ0) is 17.2. The molecule has 4 rings (SSSR count). The molecule has 2 aromatic carbocycles. The molecule has 0 bridgehead atoms. The van der Waals surface area contributed by atoms with Gasteiger partial charge in [-0.15, -0.1) is 0 Å². The molecule has 2 aromatic rings. The van der Waals surface area contributed by atoms with Gasteiger partial charge in [0.05, 0.1) is 25.9 Å². The van der Waals surface area contributed by atoms with Crippen LogP contribution in [0.3, 0.4) is 0 Å². The quantitative estimate of drug-likeness (QED) is 0.929. The molecule has 4 nitrogen and oxygen atoms in total. The Morgan fingerprint density at radius 1 is 1.12 bits per heavy atom. The molecule has 0 spiro atoms. The first kappa shape index (κ1) is 16.6. The van der Waals surface area contributed by atoms with E-state index in [1.54, 1.807) is 7.11 Å². The number of aliphatic hydroxyl groups is 1. The van der Waals surface area contributed by atoms with Gasteiger partial charge in [-0.25, -0.2) is 0 Å². The molecule has 1 fully saturated rings. The van der Waals surface area contributed by atoms with Crippen molar-refractivity contribution < 1.29 is 14.6 Å². The Morgan fingerprint density at radius 2 is 1.96 bits per heavy atom. The van der Waals surface area contributed by atoms with E-state index in [0.29, 0.717) is 6.04 Å². The number of nitrogens with zero attached hydrogens (tertiary/aromatic N) is 1. The monoisotopic (exact) mass is 339 g/mol. The molecule has 4 heteroatoms. The second-order valence-electron chi connectivity index (χ2n) is 6.97. The number of rotatable bonds is 4. The van der Waals surface area contributed by atoms with Crippen molar-refractivity contribution in [1.29, 1.82) is 0 Å². The van der Waals surface area contributed by atoms with Crippen LogP contribution >= 0.6 is 0 Å². The number of hydrogen-bond acceptors (Lipinski definition) is 4. The third-order valence-corrected chi connectivity index (χ3v) is 5.42. The molecule has 0 amide bonds. The Hall–Kier alpha value is -1.88. The van der Waals surface area contributed by atoms with Gasteiger partial charge >= 0.3 is 0 Å². The molecule has 1 heterocycles. The number of hydrogen-bond donors (Lipinski definition) is 1. The van der Waals surface area contributed by atoms with Crippen LogP contribution in [-0.2, 0) is 24.1 Å². The van der Waals surface area contributed by atoms with Crippen LogP contribution in [0.15, 0.2) is 48.5 Å². The highest BCUT2D eigenvalue weighted by Gasteiger charge is 2.40. The van der Waals surface area contributed by atoms with Crippen molar-refractivity contribution in [1.82, 2.24) is 4.90 Å². The van der Waals surface area contributed by atoms with E-state index in [4.69, 9.17) is 9.47 Å². The van der Waals surface area contributed by atoms with Crippen molar-refractivity contribution in [2.45, 2.75) is 37.6 Å². The maximum atomic E-state index is 9.68. The molecule has 1 saturated heterocycles. The van der Waals surface area contributed by atoms with Crippen LogP contribution in [0.1, 0.15) is 16.7 Å². The zero-order valence-corrected chi connectivity index (χ0v) is 14.6. The van der Waals surface area contributed by atoms with Gasteiger partial charge in [0.15, 0.2) is 0 Å². The number of morpholine rings is 1. The van der Waals surface area contributed by atoms with Crippen LogP contribution in [0.2, 0.25) is 0 Å². The summed E-state index contributed by atoms with van der Waals surface area (Å²) in [5.41, 5.74) is 3.91. The van der Waals surface area contributed by atoms with E-state index in [1.807, 2.05) is 12.1 Å². The summed E-state index contributed by atoms with van der Waals surface area (Å²) in [6.07, 6.45) is 1.77. The predicted molar refractivity (Wildman–Crippen MR) is 96.8 cm³/mol. The molecule has 2 aliphatic rings. The van der Waals surface area contributed by atoms with Crippen LogP contribution in [0.5, 0.6) is 5.75 Å². The van der Waals surface area contributed by atoms with E-state index in [0.717, 1.165) is 31.7 Å². The minimum absolute atomic E-state index is 0.0628. The van der Waals surface area contributed by atoms with E-state index in [2.05, 4.69) is 41.3 Å². The van der Waals surface area contributed by atoms with Crippen molar-refractivity contribution >= 4 is 0 Å². The van der Waals surface area contributed by atoms with Gasteiger partial charge in [0.1, 0.15) is 5.75 Å². The minimum Gasteiger partial charge on any atom is -0.496 e. The lowest BCUT2D eigenvalue weighted by Crippen LogP contribution is -2.58. The molecule has 1 aliphatic carbocycles. The topological polar surface area (TPSA) is 41.9 Å². The second-order valence-corrected chi connectivity index (χ2v) is 6.97. The number of aliphatic hydroxyl groups excluding tert-OH is 1. The number of fused-ring (bicyclic) bond motifs is 2. The van der Waals surface area contributed by atoms with Gasteiger partial charge in [0, 0.05) is 25.6 Å². The summed E-state index contributed by atoms with van der Waals surface area (Å²) >= 11 is 0. The van der Waals surface area contributed by atoms with E-state index in [1.165, 1.54) is 16.7 Å². The lowest BCUT2D eigenvalue weighted by Gasteiger charge is -2.47. The highest BCUT2D eigenvalue weighted by atomic mass is 16.5. The van der Waals surface area contributed by atoms with Crippen molar-refractivity contribution in [2.24, 2.45) is 0 Å². The van der Waals surface area contributed by atoms with Gasteiger partial charge in [-0.3, -0.25) is 4.90 Å². The summed E-state index contributed by atoms with van der Waals surface area (Å²) in [7, 11) is 1.72. The predicted octanol–water partition coefficient (Wildman–Crippen LogP) is 2.42. The first-order valence-corrected chi connectivity index (χ1v) is 8.97. The minimum atomic E-state index is -0.124. The van der Waals surface area contributed by atoms with Crippen LogP contribution < -0.4 is 4.74 Å². The average molecular weight is 339 g/mol.